The Morgan fingerprint density at radius 2 is 2.04 bits per heavy atom. The SMILES string of the molecule is Cc1nn(Cc2ccc(Cl)cc2)c2sc(C(=O)N3CCC3)cc12. The summed E-state index contributed by atoms with van der Waals surface area (Å²) in [5, 5.41) is 6.42. The van der Waals surface area contributed by atoms with Crippen LogP contribution in [0.25, 0.3) is 10.2 Å². The van der Waals surface area contributed by atoms with E-state index in [1.54, 1.807) is 0 Å². The van der Waals surface area contributed by atoms with Gasteiger partial charge in [0.05, 0.1) is 17.1 Å². The van der Waals surface area contributed by atoms with Crippen LogP contribution in [0.5, 0.6) is 0 Å². The highest BCUT2D eigenvalue weighted by atomic mass is 35.5. The number of likely N-dealkylation sites (tertiary alicyclic amines) is 1. The molecule has 118 valence electrons. The molecule has 2 aromatic heterocycles. The average molecular weight is 346 g/mol. The van der Waals surface area contributed by atoms with Crippen molar-refractivity contribution in [3.05, 3.63) is 51.5 Å². The molecule has 1 aromatic carbocycles. The van der Waals surface area contributed by atoms with Crippen LogP contribution in [-0.4, -0.2) is 33.7 Å². The van der Waals surface area contributed by atoms with Gasteiger partial charge in [-0.25, -0.2) is 0 Å². The highest BCUT2D eigenvalue weighted by Gasteiger charge is 2.24. The average Bonchev–Trinajstić information content (AvgIpc) is 3.02. The second-order valence-electron chi connectivity index (χ2n) is 5.84. The standard InChI is InChI=1S/C17H16ClN3OS/c1-11-14-9-15(16(22)20-7-2-8-20)23-17(14)21(19-11)10-12-3-5-13(18)6-4-12/h3-6,9H,2,7-8,10H2,1H3. The molecule has 0 saturated carbocycles. The fourth-order valence-electron chi connectivity index (χ4n) is 2.76. The minimum absolute atomic E-state index is 0.148. The van der Waals surface area contributed by atoms with E-state index in [-0.39, 0.29) is 5.91 Å². The summed E-state index contributed by atoms with van der Waals surface area (Å²) in [4.78, 5) is 16.2. The first-order chi connectivity index (χ1) is 11.1. The largest absolute Gasteiger partial charge is 0.338 e. The number of aryl methyl sites for hydroxylation is 1. The molecule has 6 heteroatoms. The Balaban J connectivity index is 1.68. The van der Waals surface area contributed by atoms with Gasteiger partial charge in [-0.15, -0.1) is 11.3 Å². The third kappa shape index (κ3) is 2.64. The number of carbonyl (C=O) groups excluding carboxylic acids is 1. The second kappa shape index (κ2) is 5.65. The number of carbonyl (C=O) groups is 1. The van der Waals surface area contributed by atoms with E-state index in [1.807, 2.05) is 46.8 Å². The summed E-state index contributed by atoms with van der Waals surface area (Å²) < 4.78 is 1.98. The highest BCUT2D eigenvalue weighted by Crippen LogP contribution is 2.30. The lowest BCUT2D eigenvalue weighted by Crippen LogP contribution is -2.41. The van der Waals surface area contributed by atoms with Gasteiger partial charge in [0, 0.05) is 23.5 Å². The van der Waals surface area contributed by atoms with Gasteiger partial charge in [0.1, 0.15) is 4.83 Å². The van der Waals surface area contributed by atoms with Crippen LogP contribution in [0, 0.1) is 6.92 Å². The predicted molar refractivity (Wildman–Crippen MR) is 93.4 cm³/mol. The summed E-state index contributed by atoms with van der Waals surface area (Å²) in [5.74, 6) is 0.148. The predicted octanol–water partition coefficient (Wildman–Crippen LogP) is 3.95. The van der Waals surface area contributed by atoms with Crippen molar-refractivity contribution in [1.82, 2.24) is 14.7 Å². The summed E-state index contributed by atoms with van der Waals surface area (Å²) >= 11 is 7.47. The molecule has 23 heavy (non-hydrogen) atoms. The van der Waals surface area contributed by atoms with Crippen LogP contribution < -0.4 is 0 Å². The van der Waals surface area contributed by atoms with Crippen molar-refractivity contribution in [1.29, 1.82) is 0 Å². The van der Waals surface area contributed by atoms with E-state index in [0.717, 1.165) is 50.9 Å². The molecule has 0 spiro atoms. The van der Waals surface area contributed by atoms with Gasteiger partial charge in [-0.2, -0.15) is 5.10 Å². The number of fused-ring (bicyclic) bond motifs is 1. The molecule has 1 aliphatic heterocycles. The van der Waals surface area contributed by atoms with E-state index in [1.165, 1.54) is 11.3 Å². The Labute approximate surface area is 143 Å². The van der Waals surface area contributed by atoms with E-state index in [2.05, 4.69) is 5.10 Å². The molecule has 0 atom stereocenters. The molecule has 1 amide bonds. The van der Waals surface area contributed by atoms with Gasteiger partial charge in [-0.1, -0.05) is 23.7 Å². The molecule has 0 N–H and O–H groups in total. The Kier molecular flexibility index (Phi) is 3.62. The summed E-state index contributed by atoms with van der Waals surface area (Å²) in [5.41, 5.74) is 2.11. The summed E-state index contributed by atoms with van der Waals surface area (Å²) in [6, 6.07) is 9.77. The number of rotatable bonds is 3. The van der Waals surface area contributed by atoms with Gasteiger partial charge in [0.15, 0.2) is 0 Å². The normalized spacial score (nSPS) is 14.3. The Hall–Kier alpha value is -1.85. The number of hydrogen-bond donors (Lipinski definition) is 0. The second-order valence-corrected chi connectivity index (χ2v) is 7.31. The molecule has 0 radical (unpaired) electrons. The van der Waals surface area contributed by atoms with E-state index in [0.29, 0.717) is 6.54 Å². The summed E-state index contributed by atoms with van der Waals surface area (Å²) in [6.07, 6.45) is 1.11. The number of amides is 1. The first-order valence-electron chi connectivity index (χ1n) is 7.62. The summed E-state index contributed by atoms with van der Waals surface area (Å²) in [6.45, 7) is 4.43. The molecular weight excluding hydrogens is 330 g/mol. The first kappa shape index (κ1) is 14.7. The molecule has 1 aliphatic rings. The third-order valence-electron chi connectivity index (χ3n) is 4.21. The molecule has 3 heterocycles. The van der Waals surface area contributed by atoms with Crippen LogP contribution in [-0.2, 0) is 6.54 Å². The minimum atomic E-state index is 0.148. The molecule has 3 aromatic rings. The first-order valence-corrected chi connectivity index (χ1v) is 8.82. The number of hydrogen-bond acceptors (Lipinski definition) is 3. The summed E-state index contributed by atoms with van der Waals surface area (Å²) in [7, 11) is 0. The number of aromatic nitrogens is 2. The zero-order chi connectivity index (χ0) is 16.0. The Bertz CT molecular complexity index is 877. The fraction of sp³-hybridized carbons (Fsp3) is 0.294. The van der Waals surface area contributed by atoms with Crippen LogP contribution in [0.3, 0.4) is 0 Å². The third-order valence-corrected chi connectivity index (χ3v) is 5.60. The maximum atomic E-state index is 12.4. The highest BCUT2D eigenvalue weighted by molar-refractivity contribution is 7.20. The number of nitrogens with zero attached hydrogens (tertiary/aromatic N) is 3. The molecule has 0 aliphatic carbocycles. The molecule has 0 unspecified atom stereocenters. The van der Waals surface area contributed by atoms with E-state index < -0.39 is 0 Å². The van der Waals surface area contributed by atoms with Gasteiger partial charge in [0.2, 0.25) is 0 Å². The van der Waals surface area contributed by atoms with E-state index in [9.17, 15) is 4.79 Å². The van der Waals surface area contributed by atoms with Gasteiger partial charge < -0.3 is 4.90 Å². The quantitative estimate of drug-likeness (QED) is 0.720. The number of halogens is 1. The monoisotopic (exact) mass is 345 g/mol. The molecule has 4 rings (SSSR count). The zero-order valence-corrected chi connectivity index (χ0v) is 14.3. The Morgan fingerprint density at radius 3 is 2.70 bits per heavy atom. The Morgan fingerprint density at radius 1 is 1.30 bits per heavy atom. The minimum Gasteiger partial charge on any atom is -0.338 e. The number of benzene rings is 1. The van der Waals surface area contributed by atoms with Crippen LogP contribution >= 0.6 is 22.9 Å². The molecule has 0 bridgehead atoms. The van der Waals surface area contributed by atoms with Gasteiger partial charge in [-0.05, 0) is 37.1 Å². The smallest absolute Gasteiger partial charge is 0.264 e. The van der Waals surface area contributed by atoms with Crippen molar-refractivity contribution in [3.8, 4) is 0 Å². The fourth-order valence-corrected chi connectivity index (χ4v) is 4.02. The van der Waals surface area contributed by atoms with Crippen molar-refractivity contribution in [2.75, 3.05) is 13.1 Å². The van der Waals surface area contributed by atoms with Gasteiger partial charge >= 0.3 is 0 Å². The molecular formula is C17H16ClN3OS. The van der Waals surface area contributed by atoms with Crippen LogP contribution in [0.4, 0.5) is 0 Å². The topological polar surface area (TPSA) is 38.1 Å². The molecule has 1 saturated heterocycles. The maximum Gasteiger partial charge on any atom is 0.264 e. The van der Waals surface area contributed by atoms with Crippen molar-refractivity contribution in [2.24, 2.45) is 0 Å². The van der Waals surface area contributed by atoms with Crippen molar-refractivity contribution < 1.29 is 4.79 Å². The maximum absolute atomic E-state index is 12.4. The van der Waals surface area contributed by atoms with Crippen LogP contribution in [0.15, 0.2) is 30.3 Å². The van der Waals surface area contributed by atoms with Gasteiger partial charge in [0.25, 0.3) is 5.91 Å². The van der Waals surface area contributed by atoms with Gasteiger partial charge in [-0.3, -0.25) is 9.48 Å². The van der Waals surface area contributed by atoms with Crippen molar-refractivity contribution in [2.45, 2.75) is 19.9 Å². The van der Waals surface area contributed by atoms with Crippen LogP contribution in [0.2, 0.25) is 5.02 Å². The molecule has 4 nitrogen and oxygen atoms in total. The zero-order valence-electron chi connectivity index (χ0n) is 12.8. The van der Waals surface area contributed by atoms with Crippen LogP contribution in [0.1, 0.15) is 27.3 Å². The van der Waals surface area contributed by atoms with Crippen molar-refractivity contribution in [3.63, 3.8) is 0 Å². The lowest BCUT2D eigenvalue weighted by Gasteiger charge is -2.30. The van der Waals surface area contributed by atoms with E-state index in [4.69, 9.17) is 11.6 Å². The number of thiophene rings is 1. The molecule has 1 fully saturated rings. The lowest BCUT2D eigenvalue weighted by atomic mass is 10.2. The van der Waals surface area contributed by atoms with E-state index >= 15 is 0 Å². The lowest BCUT2D eigenvalue weighted by molar-refractivity contribution is 0.0657. The van der Waals surface area contributed by atoms with Crippen molar-refractivity contribution >= 4 is 39.1 Å².